The number of carbonyl (C=O) groups is 3. The second kappa shape index (κ2) is 13.5. The van der Waals surface area contributed by atoms with Crippen LogP contribution in [-0.4, -0.2) is 94.1 Å². The number of piperidine rings is 1. The number of amides is 4. The zero-order valence-corrected chi connectivity index (χ0v) is 25.5. The molecule has 2 aromatic carbocycles. The SMILES string of the molecule is Cc1nc(Sc2ccc(OCC(=O)O)cc2)ccc1CN1CCC(N2C(=O)N(C(=O)N(C)C)CC2c2ccccc2)CC1. The van der Waals surface area contributed by atoms with Gasteiger partial charge in [-0.25, -0.2) is 24.3 Å². The number of imide groups is 1. The van der Waals surface area contributed by atoms with Gasteiger partial charge in [-0.05, 0) is 61.2 Å². The molecule has 2 fully saturated rings. The molecule has 11 heteroatoms. The first-order valence-corrected chi connectivity index (χ1v) is 15.2. The number of hydrogen-bond acceptors (Lipinski definition) is 7. The van der Waals surface area contributed by atoms with E-state index in [4.69, 9.17) is 14.8 Å². The lowest BCUT2D eigenvalue weighted by Gasteiger charge is -2.39. The van der Waals surface area contributed by atoms with E-state index in [0.29, 0.717) is 12.3 Å². The van der Waals surface area contributed by atoms with Gasteiger partial charge in [0.05, 0.1) is 12.6 Å². The average molecular weight is 604 g/mol. The van der Waals surface area contributed by atoms with Gasteiger partial charge < -0.3 is 19.6 Å². The predicted molar refractivity (Wildman–Crippen MR) is 163 cm³/mol. The standard InChI is InChI=1S/C32H37N5O5S/c1-22-24(9-14-29(33-22)43-27-12-10-26(11-13-27)42-21-30(38)39)19-35-17-15-25(16-18-35)37-28(23-7-5-4-6-8-23)20-36(32(37)41)31(40)34(2)3/h4-14,25,28H,15-21H2,1-3H3,(H,38,39). The van der Waals surface area contributed by atoms with Gasteiger partial charge in [-0.3, -0.25) is 4.90 Å². The average Bonchev–Trinajstić information content (AvgIpc) is 3.35. The zero-order chi connectivity index (χ0) is 30.5. The van der Waals surface area contributed by atoms with Crippen LogP contribution in [0.3, 0.4) is 0 Å². The van der Waals surface area contributed by atoms with Crippen LogP contribution >= 0.6 is 11.8 Å². The summed E-state index contributed by atoms with van der Waals surface area (Å²) in [6.45, 7) is 4.50. The number of carboxylic acid groups (broad SMARTS) is 1. The third-order valence-corrected chi connectivity index (χ3v) is 8.81. The Bertz CT molecular complexity index is 1440. The number of rotatable bonds is 9. The minimum Gasteiger partial charge on any atom is -0.482 e. The van der Waals surface area contributed by atoms with Gasteiger partial charge in [0, 0.05) is 50.4 Å². The Morgan fingerprint density at radius 1 is 1.02 bits per heavy atom. The van der Waals surface area contributed by atoms with Crippen LogP contribution in [0, 0.1) is 6.92 Å². The molecule has 0 aliphatic carbocycles. The highest BCUT2D eigenvalue weighted by Gasteiger charge is 2.45. The molecule has 1 atom stereocenters. The maximum Gasteiger partial charge on any atom is 0.341 e. The van der Waals surface area contributed by atoms with Crippen LogP contribution in [0.15, 0.2) is 76.7 Å². The maximum atomic E-state index is 13.5. The first-order chi connectivity index (χ1) is 20.7. The number of urea groups is 2. The van der Waals surface area contributed by atoms with Crippen molar-refractivity contribution in [2.75, 3.05) is 40.3 Å². The summed E-state index contributed by atoms with van der Waals surface area (Å²) < 4.78 is 5.20. The number of hydrogen-bond donors (Lipinski definition) is 1. The van der Waals surface area contributed by atoms with E-state index < -0.39 is 5.97 Å². The van der Waals surface area contributed by atoms with E-state index in [1.807, 2.05) is 60.4 Å². The van der Waals surface area contributed by atoms with Gasteiger partial charge in [0.25, 0.3) is 0 Å². The Morgan fingerprint density at radius 3 is 2.35 bits per heavy atom. The molecule has 0 radical (unpaired) electrons. The first-order valence-electron chi connectivity index (χ1n) is 14.4. The van der Waals surface area contributed by atoms with Crippen LogP contribution in [0.2, 0.25) is 0 Å². The molecule has 5 rings (SSSR count). The molecule has 1 aromatic heterocycles. The summed E-state index contributed by atoms with van der Waals surface area (Å²) in [5, 5.41) is 9.65. The summed E-state index contributed by atoms with van der Waals surface area (Å²) in [4.78, 5) is 50.0. The molecule has 0 saturated carbocycles. The number of pyridine rings is 1. The Labute approximate surface area is 256 Å². The molecule has 2 aliphatic heterocycles. The lowest BCUT2D eigenvalue weighted by Crippen LogP contribution is -2.48. The van der Waals surface area contributed by atoms with Crippen molar-refractivity contribution in [3.63, 3.8) is 0 Å². The van der Waals surface area contributed by atoms with Crippen molar-refractivity contribution in [2.24, 2.45) is 0 Å². The number of aliphatic carboxylic acids is 1. The van der Waals surface area contributed by atoms with Crippen molar-refractivity contribution in [2.45, 2.75) is 48.3 Å². The number of aromatic nitrogens is 1. The Kier molecular flexibility index (Phi) is 9.52. The van der Waals surface area contributed by atoms with E-state index in [0.717, 1.165) is 53.7 Å². The van der Waals surface area contributed by atoms with Crippen LogP contribution in [-0.2, 0) is 11.3 Å². The highest BCUT2D eigenvalue weighted by atomic mass is 32.2. The van der Waals surface area contributed by atoms with E-state index in [-0.39, 0.29) is 30.8 Å². The number of likely N-dealkylation sites (tertiary alicyclic amines) is 1. The molecule has 2 aliphatic rings. The number of benzene rings is 2. The van der Waals surface area contributed by atoms with E-state index in [1.165, 1.54) is 15.4 Å². The van der Waals surface area contributed by atoms with Crippen molar-refractivity contribution < 1.29 is 24.2 Å². The highest BCUT2D eigenvalue weighted by molar-refractivity contribution is 7.99. The topological polar surface area (TPSA) is 107 Å². The molecule has 3 heterocycles. The molecule has 10 nitrogen and oxygen atoms in total. The molecule has 0 spiro atoms. The van der Waals surface area contributed by atoms with E-state index in [2.05, 4.69) is 11.0 Å². The molecular weight excluding hydrogens is 566 g/mol. The van der Waals surface area contributed by atoms with Crippen molar-refractivity contribution in [3.05, 3.63) is 83.6 Å². The Morgan fingerprint density at radius 2 is 1.72 bits per heavy atom. The molecule has 43 heavy (non-hydrogen) atoms. The normalized spacial score (nSPS) is 17.7. The third kappa shape index (κ3) is 7.29. The summed E-state index contributed by atoms with van der Waals surface area (Å²) >= 11 is 1.54. The van der Waals surface area contributed by atoms with Crippen LogP contribution in [0.25, 0.3) is 0 Å². The van der Waals surface area contributed by atoms with Crippen LogP contribution in [0.1, 0.15) is 35.7 Å². The van der Waals surface area contributed by atoms with Gasteiger partial charge in [-0.15, -0.1) is 0 Å². The Hall–Kier alpha value is -4.09. The Balaban J connectivity index is 1.19. The minimum atomic E-state index is -1.01. The van der Waals surface area contributed by atoms with Crippen LogP contribution < -0.4 is 4.74 Å². The minimum absolute atomic E-state index is 0.0628. The zero-order valence-electron chi connectivity index (χ0n) is 24.7. The van der Waals surface area contributed by atoms with Gasteiger partial charge in [0.1, 0.15) is 10.8 Å². The number of carbonyl (C=O) groups excluding carboxylic acids is 2. The molecule has 0 bridgehead atoms. The molecule has 4 amide bonds. The van der Waals surface area contributed by atoms with Gasteiger partial charge in [-0.1, -0.05) is 48.2 Å². The summed E-state index contributed by atoms with van der Waals surface area (Å²) in [6.07, 6.45) is 1.68. The molecule has 226 valence electrons. The molecule has 3 aromatic rings. The van der Waals surface area contributed by atoms with E-state index in [9.17, 15) is 14.4 Å². The van der Waals surface area contributed by atoms with Gasteiger partial charge in [-0.2, -0.15) is 0 Å². The van der Waals surface area contributed by atoms with Gasteiger partial charge in [0.2, 0.25) is 0 Å². The largest absolute Gasteiger partial charge is 0.482 e. The van der Waals surface area contributed by atoms with Crippen LogP contribution in [0.5, 0.6) is 5.75 Å². The van der Waals surface area contributed by atoms with E-state index in [1.54, 1.807) is 38.0 Å². The third-order valence-electron chi connectivity index (χ3n) is 7.86. The fourth-order valence-electron chi connectivity index (χ4n) is 5.62. The summed E-state index contributed by atoms with van der Waals surface area (Å²) in [6, 6.07) is 20.9. The lowest BCUT2D eigenvalue weighted by molar-refractivity contribution is -0.139. The molecule has 1 unspecified atom stereocenters. The summed E-state index contributed by atoms with van der Waals surface area (Å²) in [7, 11) is 3.35. The fourth-order valence-corrected chi connectivity index (χ4v) is 6.45. The van der Waals surface area contributed by atoms with Gasteiger partial charge in [0.15, 0.2) is 6.61 Å². The second-order valence-electron chi connectivity index (χ2n) is 11.1. The number of aryl methyl sites for hydroxylation is 1. The van der Waals surface area contributed by atoms with Crippen molar-refractivity contribution in [3.8, 4) is 5.75 Å². The smallest absolute Gasteiger partial charge is 0.341 e. The molecule has 2 saturated heterocycles. The quantitative estimate of drug-likeness (QED) is 0.359. The maximum absolute atomic E-state index is 13.5. The van der Waals surface area contributed by atoms with Crippen molar-refractivity contribution in [1.82, 2.24) is 24.6 Å². The summed E-state index contributed by atoms with van der Waals surface area (Å²) in [5.74, 6) is -0.496. The molecular formula is C32H37N5O5S. The number of ether oxygens (including phenoxy) is 1. The van der Waals surface area contributed by atoms with Crippen molar-refractivity contribution >= 4 is 29.8 Å². The molecule has 1 N–H and O–H groups in total. The summed E-state index contributed by atoms with van der Waals surface area (Å²) in [5.41, 5.74) is 3.20. The first kappa shape index (κ1) is 30.4. The van der Waals surface area contributed by atoms with Crippen molar-refractivity contribution in [1.29, 1.82) is 0 Å². The number of nitrogens with zero attached hydrogens (tertiary/aromatic N) is 5. The highest BCUT2D eigenvalue weighted by Crippen LogP contribution is 2.35. The number of carboxylic acids is 1. The lowest BCUT2D eigenvalue weighted by atomic mass is 9.98. The monoisotopic (exact) mass is 603 g/mol. The fraction of sp³-hybridized carbons (Fsp3) is 0.375. The van der Waals surface area contributed by atoms with E-state index >= 15 is 0 Å². The van der Waals surface area contributed by atoms with Gasteiger partial charge >= 0.3 is 18.0 Å². The second-order valence-corrected chi connectivity index (χ2v) is 12.2. The predicted octanol–water partition coefficient (Wildman–Crippen LogP) is 5.13. The van der Waals surface area contributed by atoms with Crippen LogP contribution in [0.4, 0.5) is 9.59 Å².